The Morgan fingerprint density at radius 3 is 2.24 bits per heavy atom. The number of benzene rings is 1. The Morgan fingerprint density at radius 1 is 1.14 bits per heavy atom. The van der Waals surface area contributed by atoms with Crippen LogP contribution in [-0.4, -0.2) is 37.5 Å². The minimum absolute atomic E-state index is 0. The summed E-state index contributed by atoms with van der Waals surface area (Å²) in [7, 11) is 4.15. The van der Waals surface area contributed by atoms with Crippen LogP contribution < -0.4 is 4.90 Å². The lowest BCUT2D eigenvalue weighted by Gasteiger charge is -2.32. The van der Waals surface area contributed by atoms with Crippen molar-refractivity contribution in [2.45, 2.75) is 45.6 Å². The monoisotopic (exact) mass is 296 g/mol. The summed E-state index contributed by atoms with van der Waals surface area (Å²) in [5, 5.41) is 0. The number of amides is 1. The van der Waals surface area contributed by atoms with E-state index >= 15 is 0 Å². The van der Waals surface area contributed by atoms with E-state index in [0.29, 0.717) is 6.42 Å². The maximum absolute atomic E-state index is 12.5. The summed E-state index contributed by atoms with van der Waals surface area (Å²) in [5.41, 5.74) is 1.02. The van der Waals surface area contributed by atoms with Gasteiger partial charge in [-0.3, -0.25) is 9.50 Å². The highest BCUT2D eigenvalue weighted by Crippen LogP contribution is 2.22. The van der Waals surface area contributed by atoms with Crippen LogP contribution in [0.5, 0.6) is 0 Å². The maximum atomic E-state index is 12.5. The SMILES string of the molecule is CCCC(=O)N(c1ccccc1)C(CC)CCN(C)C.F. The van der Waals surface area contributed by atoms with Crippen molar-refractivity contribution < 1.29 is 9.50 Å². The highest BCUT2D eigenvalue weighted by atomic mass is 19.0. The third-order valence-corrected chi connectivity index (χ3v) is 3.51. The molecule has 21 heavy (non-hydrogen) atoms. The molecule has 0 aromatic heterocycles. The van der Waals surface area contributed by atoms with Gasteiger partial charge in [-0.25, -0.2) is 0 Å². The molecule has 0 heterocycles. The molecule has 1 aromatic rings. The Labute approximate surface area is 128 Å². The average molecular weight is 296 g/mol. The molecule has 1 unspecified atom stereocenters. The number of nitrogens with zero attached hydrogens (tertiary/aromatic N) is 2. The van der Waals surface area contributed by atoms with Gasteiger partial charge in [0.15, 0.2) is 0 Å². The van der Waals surface area contributed by atoms with Crippen molar-refractivity contribution >= 4 is 11.6 Å². The van der Waals surface area contributed by atoms with E-state index in [4.69, 9.17) is 0 Å². The van der Waals surface area contributed by atoms with Crippen LogP contribution in [0.15, 0.2) is 30.3 Å². The van der Waals surface area contributed by atoms with Gasteiger partial charge in [0.05, 0.1) is 0 Å². The molecular weight excluding hydrogens is 267 g/mol. The average Bonchev–Trinajstić information content (AvgIpc) is 2.44. The molecule has 0 aliphatic rings. The van der Waals surface area contributed by atoms with E-state index in [-0.39, 0.29) is 16.7 Å². The summed E-state index contributed by atoms with van der Waals surface area (Å²) in [4.78, 5) is 16.7. The Balaban J connectivity index is 0.00000400. The number of hydrogen-bond acceptors (Lipinski definition) is 2. The second-order valence-corrected chi connectivity index (χ2v) is 5.50. The van der Waals surface area contributed by atoms with E-state index < -0.39 is 0 Å². The van der Waals surface area contributed by atoms with Crippen LogP contribution in [0.4, 0.5) is 10.4 Å². The molecule has 0 bridgehead atoms. The zero-order chi connectivity index (χ0) is 15.0. The predicted molar refractivity (Wildman–Crippen MR) is 88.6 cm³/mol. The van der Waals surface area contributed by atoms with Crippen LogP contribution in [0.3, 0.4) is 0 Å². The fourth-order valence-corrected chi connectivity index (χ4v) is 2.40. The van der Waals surface area contributed by atoms with Gasteiger partial charge in [-0.1, -0.05) is 32.0 Å². The zero-order valence-electron chi connectivity index (χ0n) is 13.7. The van der Waals surface area contributed by atoms with Gasteiger partial charge in [-0.05, 0) is 52.0 Å². The Bertz CT molecular complexity index is 395. The summed E-state index contributed by atoms with van der Waals surface area (Å²) in [5.74, 6) is 0.240. The van der Waals surface area contributed by atoms with E-state index in [9.17, 15) is 4.79 Å². The molecule has 0 saturated carbocycles. The van der Waals surface area contributed by atoms with Crippen LogP contribution in [0.25, 0.3) is 0 Å². The molecule has 0 spiro atoms. The number of para-hydroxylation sites is 1. The third-order valence-electron chi connectivity index (χ3n) is 3.51. The number of hydrogen-bond donors (Lipinski definition) is 0. The highest BCUT2D eigenvalue weighted by molar-refractivity contribution is 5.93. The molecule has 1 amide bonds. The van der Waals surface area contributed by atoms with Gasteiger partial charge >= 0.3 is 0 Å². The van der Waals surface area contributed by atoms with Crippen LogP contribution in [0, 0.1) is 0 Å². The molecule has 1 atom stereocenters. The fraction of sp³-hybridized carbons (Fsp3) is 0.588. The molecule has 0 N–H and O–H groups in total. The largest absolute Gasteiger partial charge is 0.309 e. The molecular formula is C17H29FN2O. The first-order chi connectivity index (χ1) is 9.60. The minimum Gasteiger partial charge on any atom is -0.309 e. The molecule has 0 aliphatic carbocycles. The zero-order valence-corrected chi connectivity index (χ0v) is 13.7. The molecule has 0 radical (unpaired) electrons. The van der Waals surface area contributed by atoms with E-state index in [1.807, 2.05) is 35.2 Å². The second kappa shape index (κ2) is 10.3. The first kappa shape index (κ1) is 19.6. The van der Waals surface area contributed by atoms with Crippen molar-refractivity contribution in [3.63, 3.8) is 0 Å². The van der Waals surface area contributed by atoms with Crippen LogP contribution in [0.1, 0.15) is 39.5 Å². The van der Waals surface area contributed by atoms with Crippen LogP contribution in [0.2, 0.25) is 0 Å². The Morgan fingerprint density at radius 2 is 1.76 bits per heavy atom. The molecule has 0 aliphatic heterocycles. The summed E-state index contributed by atoms with van der Waals surface area (Å²) in [6.07, 6.45) is 3.51. The maximum Gasteiger partial charge on any atom is 0.227 e. The lowest BCUT2D eigenvalue weighted by atomic mass is 10.1. The normalized spacial score (nSPS) is 11.9. The number of anilines is 1. The predicted octanol–water partition coefficient (Wildman–Crippen LogP) is 3.70. The van der Waals surface area contributed by atoms with Crippen LogP contribution >= 0.6 is 0 Å². The molecule has 1 aromatic carbocycles. The van der Waals surface area contributed by atoms with Crippen molar-refractivity contribution in [1.29, 1.82) is 0 Å². The lowest BCUT2D eigenvalue weighted by Crippen LogP contribution is -2.41. The second-order valence-electron chi connectivity index (χ2n) is 5.50. The van der Waals surface area contributed by atoms with Gasteiger partial charge in [0.2, 0.25) is 5.91 Å². The van der Waals surface area contributed by atoms with Crippen molar-refractivity contribution in [2.75, 3.05) is 25.5 Å². The van der Waals surface area contributed by atoms with E-state index in [1.165, 1.54) is 0 Å². The molecule has 4 heteroatoms. The van der Waals surface area contributed by atoms with E-state index in [1.54, 1.807) is 0 Å². The van der Waals surface area contributed by atoms with E-state index in [2.05, 4.69) is 32.8 Å². The summed E-state index contributed by atoms with van der Waals surface area (Å²) in [6, 6.07) is 10.3. The molecule has 120 valence electrons. The Kier molecular flexibility index (Phi) is 9.63. The standard InChI is InChI=1S/C17H28N2O.FH/c1-5-10-17(20)19(16-11-8-7-9-12-16)15(6-2)13-14-18(3)4;/h7-9,11-12,15H,5-6,10,13-14H2,1-4H3;1H. The van der Waals surface area contributed by atoms with Crippen molar-refractivity contribution in [1.82, 2.24) is 4.90 Å². The smallest absolute Gasteiger partial charge is 0.227 e. The lowest BCUT2D eigenvalue weighted by molar-refractivity contribution is -0.119. The first-order valence-electron chi connectivity index (χ1n) is 7.62. The van der Waals surface area contributed by atoms with Gasteiger partial charge in [-0.15, -0.1) is 0 Å². The summed E-state index contributed by atoms with van der Waals surface area (Å²) >= 11 is 0. The molecule has 0 saturated heterocycles. The van der Waals surface area contributed by atoms with Gasteiger partial charge in [0, 0.05) is 18.2 Å². The summed E-state index contributed by atoms with van der Waals surface area (Å²) < 4.78 is 0. The number of halogens is 1. The van der Waals surface area contributed by atoms with Crippen molar-refractivity contribution in [3.05, 3.63) is 30.3 Å². The van der Waals surface area contributed by atoms with Gasteiger partial charge in [0.25, 0.3) is 0 Å². The molecule has 3 nitrogen and oxygen atoms in total. The van der Waals surface area contributed by atoms with Crippen molar-refractivity contribution in [3.8, 4) is 0 Å². The number of rotatable bonds is 8. The van der Waals surface area contributed by atoms with Crippen molar-refractivity contribution in [2.24, 2.45) is 0 Å². The molecule has 0 fully saturated rings. The molecule has 1 rings (SSSR count). The van der Waals surface area contributed by atoms with Gasteiger partial charge in [0.1, 0.15) is 0 Å². The fourth-order valence-electron chi connectivity index (χ4n) is 2.40. The summed E-state index contributed by atoms with van der Waals surface area (Å²) in [6.45, 7) is 5.22. The first-order valence-corrected chi connectivity index (χ1v) is 7.62. The minimum atomic E-state index is 0. The third kappa shape index (κ3) is 6.25. The van der Waals surface area contributed by atoms with Crippen LogP contribution in [-0.2, 0) is 4.79 Å². The number of carbonyl (C=O) groups excluding carboxylic acids is 1. The Hall–Kier alpha value is -1.42. The van der Waals surface area contributed by atoms with Gasteiger partial charge in [-0.2, -0.15) is 0 Å². The van der Waals surface area contributed by atoms with E-state index in [0.717, 1.165) is 31.5 Å². The van der Waals surface area contributed by atoms with Gasteiger partial charge < -0.3 is 9.80 Å². The quantitative estimate of drug-likeness (QED) is 0.730. The number of carbonyl (C=O) groups is 1. The highest BCUT2D eigenvalue weighted by Gasteiger charge is 2.23. The topological polar surface area (TPSA) is 23.6 Å².